The summed E-state index contributed by atoms with van der Waals surface area (Å²) in [4.78, 5) is 12.5. The molecule has 7 heteroatoms. The molecule has 0 atom stereocenters. The van der Waals surface area contributed by atoms with Gasteiger partial charge in [0.15, 0.2) is 0 Å². The van der Waals surface area contributed by atoms with Crippen molar-refractivity contribution in [2.75, 3.05) is 18.8 Å². The number of nitrogen functional groups attached to an aromatic ring is 1. The van der Waals surface area contributed by atoms with Crippen molar-refractivity contribution in [1.29, 1.82) is 10.5 Å². The fraction of sp³-hybridized carbons (Fsp3) is 0.385. The lowest BCUT2D eigenvalue weighted by molar-refractivity contribution is 0.326. The van der Waals surface area contributed by atoms with E-state index in [-0.39, 0.29) is 13.1 Å². The molecule has 102 valence electrons. The first-order valence-corrected chi connectivity index (χ1v) is 6.86. The molecule has 0 spiro atoms. The molecule has 6 nitrogen and oxygen atoms in total. The SMILES string of the molecule is Cc1sc2nc(CN(CC#N)CC#N)nc(N)c2c1C. The molecule has 0 fully saturated rings. The highest BCUT2D eigenvalue weighted by Gasteiger charge is 2.14. The molecule has 0 aromatic carbocycles. The number of nitriles is 2. The minimum absolute atomic E-state index is 0.164. The Hall–Kier alpha value is -2.22. The van der Waals surface area contributed by atoms with Gasteiger partial charge >= 0.3 is 0 Å². The first-order valence-electron chi connectivity index (χ1n) is 6.05. The number of aromatic nitrogens is 2. The highest BCUT2D eigenvalue weighted by atomic mass is 32.1. The van der Waals surface area contributed by atoms with E-state index >= 15 is 0 Å². The molecule has 0 aliphatic rings. The number of thiophene rings is 1. The van der Waals surface area contributed by atoms with Crippen molar-refractivity contribution < 1.29 is 0 Å². The number of hydrogen-bond acceptors (Lipinski definition) is 7. The van der Waals surface area contributed by atoms with Crippen LogP contribution in [0.2, 0.25) is 0 Å². The molecule has 2 N–H and O–H groups in total. The third-order valence-electron chi connectivity index (χ3n) is 3.06. The molecule has 0 saturated carbocycles. The van der Waals surface area contributed by atoms with Crippen LogP contribution in [0.1, 0.15) is 16.3 Å². The Morgan fingerprint density at radius 1 is 1.20 bits per heavy atom. The van der Waals surface area contributed by atoms with Crippen LogP contribution >= 0.6 is 11.3 Å². The van der Waals surface area contributed by atoms with Gasteiger partial charge in [0.1, 0.15) is 16.5 Å². The normalized spacial score (nSPS) is 10.7. The maximum Gasteiger partial charge on any atom is 0.146 e. The number of aryl methyl sites for hydroxylation is 2. The van der Waals surface area contributed by atoms with Gasteiger partial charge in [0.2, 0.25) is 0 Å². The molecule has 0 saturated heterocycles. The number of hydrogen-bond donors (Lipinski definition) is 1. The summed E-state index contributed by atoms with van der Waals surface area (Å²) in [6.07, 6.45) is 0. The summed E-state index contributed by atoms with van der Waals surface area (Å²) in [6.45, 7) is 4.70. The van der Waals surface area contributed by atoms with Crippen molar-refractivity contribution >= 4 is 27.4 Å². The lowest BCUT2D eigenvalue weighted by atomic mass is 10.2. The predicted octanol–water partition coefficient (Wildman–Crippen LogP) is 1.74. The third-order valence-corrected chi connectivity index (χ3v) is 4.16. The van der Waals surface area contributed by atoms with E-state index < -0.39 is 0 Å². The lowest BCUT2D eigenvalue weighted by Crippen LogP contribution is -2.25. The Balaban J connectivity index is 2.37. The summed E-state index contributed by atoms with van der Waals surface area (Å²) < 4.78 is 0. The van der Waals surface area contributed by atoms with Crippen molar-refractivity contribution in [3.63, 3.8) is 0 Å². The maximum absolute atomic E-state index is 8.74. The second-order valence-corrected chi connectivity index (χ2v) is 5.65. The van der Waals surface area contributed by atoms with E-state index in [0.29, 0.717) is 18.2 Å². The van der Waals surface area contributed by atoms with Gasteiger partial charge in [-0.15, -0.1) is 11.3 Å². The highest BCUT2D eigenvalue weighted by Crippen LogP contribution is 2.31. The van der Waals surface area contributed by atoms with Crippen molar-refractivity contribution in [3.8, 4) is 12.1 Å². The van der Waals surface area contributed by atoms with Crippen LogP contribution < -0.4 is 5.73 Å². The van der Waals surface area contributed by atoms with Crippen LogP contribution in [-0.2, 0) is 6.54 Å². The Labute approximate surface area is 121 Å². The van der Waals surface area contributed by atoms with E-state index in [1.165, 1.54) is 4.88 Å². The quantitative estimate of drug-likeness (QED) is 0.859. The summed E-state index contributed by atoms with van der Waals surface area (Å²) in [5, 5.41) is 18.4. The zero-order chi connectivity index (χ0) is 14.7. The monoisotopic (exact) mass is 286 g/mol. The minimum Gasteiger partial charge on any atom is -0.383 e. The number of fused-ring (bicyclic) bond motifs is 1. The lowest BCUT2D eigenvalue weighted by Gasteiger charge is -2.14. The van der Waals surface area contributed by atoms with Crippen LogP contribution in [0.15, 0.2) is 0 Å². The van der Waals surface area contributed by atoms with Gasteiger partial charge in [-0.3, -0.25) is 4.90 Å². The van der Waals surface area contributed by atoms with E-state index in [4.69, 9.17) is 16.3 Å². The molecule has 2 aromatic heterocycles. The van der Waals surface area contributed by atoms with Gasteiger partial charge < -0.3 is 5.73 Å². The molecule has 2 aromatic rings. The van der Waals surface area contributed by atoms with E-state index in [9.17, 15) is 0 Å². The Morgan fingerprint density at radius 2 is 1.85 bits per heavy atom. The second-order valence-electron chi connectivity index (χ2n) is 4.45. The molecule has 0 bridgehead atoms. The smallest absolute Gasteiger partial charge is 0.146 e. The van der Waals surface area contributed by atoms with Crippen molar-refractivity contribution in [1.82, 2.24) is 14.9 Å². The standard InChI is InChI=1S/C13H14N6S/c1-8-9(2)20-13-11(8)12(16)17-10(18-13)7-19(5-3-14)6-4-15/h5-7H2,1-2H3,(H2,16,17,18). The van der Waals surface area contributed by atoms with Gasteiger partial charge in [-0.25, -0.2) is 9.97 Å². The maximum atomic E-state index is 8.74. The van der Waals surface area contributed by atoms with Crippen LogP contribution in [0.25, 0.3) is 10.2 Å². The van der Waals surface area contributed by atoms with Gasteiger partial charge in [-0.1, -0.05) is 0 Å². The zero-order valence-corrected chi connectivity index (χ0v) is 12.2. The molecule has 2 heterocycles. The fourth-order valence-corrected chi connectivity index (χ4v) is 3.02. The molecule has 0 radical (unpaired) electrons. The third kappa shape index (κ3) is 2.69. The first kappa shape index (κ1) is 14.2. The van der Waals surface area contributed by atoms with Gasteiger partial charge in [0.25, 0.3) is 0 Å². The van der Waals surface area contributed by atoms with E-state index in [2.05, 4.69) is 9.97 Å². The minimum atomic E-state index is 0.164. The molecular weight excluding hydrogens is 272 g/mol. The molecule has 0 amide bonds. The molecular formula is C13H14N6S. The number of nitrogens with zero attached hydrogens (tertiary/aromatic N) is 5. The van der Waals surface area contributed by atoms with Crippen LogP contribution in [0.4, 0.5) is 5.82 Å². The van der Waals surface area contributed by atoms with Crippen LogP contribution in [0.3, 0.4) is 0 Å². The Kier molecular flexibility index (Phi) is 4.14. The zero-order valence-electron chi connectivity index (χ0n) is 11.3. The first-order chi connectivity index (χ1) is 9.56. The summed E-state index contributed by atoms with van der Waals surface area (Å²) in [5.41, 5.74) is 7.11. The van der Waals surface area contributed by atoms with Crippen LogP contribution in [0.5, 0.6) is 0 Å². The molecule has 0 unspecified atom stereocenters. The number of nitrogens with two attached hydrogens (primary N) is 1. The van der Waals surface area contributed by atoms with Crippen molar-refractivity contribution in [3.05, 3.63) is 16.3 Å². The summed E-state index contributed by atoms with van der Waals surface area (Å²) in [5.74, 6) is 1.00. The molecule has 2 rings (SSSR count). The average molecular weight is 286 g/mol. The van der Waals surface area contributed by atoms with E-state index in [1.807, 2.05) is 26.0 Å². The molecule has 0 aliphatic carbocycles. The van der Waals surface area contributed by atoms with Crippen molar-refractivity contribution in [2.24, 2.45) is 0 Å². The average Bonchev–Trinajstić information content (AvgIpc) is 2.66. The van der Waals surface area contributed by atoms with E-state index in [0.717, 1.165) is 15.8 Å². The molecule has 0 aliphatic heterocycles. The number of rotatable bonds is 4. The van der Waals surface area contributed by atoms with Gasteiger partial charge in [0, 0.05) is 4.88 Å². The van der Waals surface area contributed by atoms with Gasteiger partial charge in [-0.05, 0) is 19.4 Å². The highest BCUT2D eigenvalue weighted by molar-refractivity contribution is 7.18. The largest absolute Gasteiger partial charge is 0.383 e. The second kappa shape index (κ2) is 5.83. The van der Waals surface area contributed by atoms with Crippen molar-refractivity contribution in [2.45, 2.75) is 20.4 Å². The topological polar surface area (TPSA) is 103 Å². The summed E-state index contributed by atoms with van der Waals surface area (Å²) in [6, 6.07) is 4.06. The van der Waals surface area contributed by atoms with Gasteiger partial charge in [-0.2, -0.15) is 10.5 Å². The fourth-order valence-electron chi connectivity index (χ4n) is 1.96. The van der Waals surface area contributed by atoms with Gasteiger partial charge in [0.05, 0.1) is 37.2 Å². The number of anilines is 1. The Bertz CT molecular complexity index is 705. The summed E-state index contributed by atoms with van der Waals surface area (Å²) in [7, 11) is 0. The van der Waals surface area contributed by atoms with Crippen LogP contribution in [0, 0.1) is 36.5 Å². The predicted molar refractivity (Wildman–Crippen MR) is 77.8 cm³/mol. The Morgan fingerprint density at radius 3 is 2.45 bits per heavy atom. The van der Waals surface area contributed by atoms with Crippen LogP contribution in [-0.4, -0.2) is 28.0 Å². The van der Waals surface area contributed by atoms with E-state index in [1.54, 1.807) is 16.2 Å². The molecule has 20 heavy (non-hydrogen) atoms. The summed E-state index contributed by atoms with van der Waals surface area (Å²) >= 11 is 1.58.